The Morgan fingerprint density at radius 3 is 0.887 bits per heavy atom. The van der Waals surface area contributed by atoms with Gasteiger partial charge in [0.15, 0.2) is 0 Å². The quantitative estimate of drug-likeness (QED) is 0.0859. The molecule has 0 N–H and O–H groups in total. The zero-order valence-electron chi connectivity index (χ0n) is 36.3. The first-order chi connectivity index (χ1) is 30.8. The molecule has 6 nitrogen and oxygen atoms in total. The first-order valence-corrected chi connectivity index (χ1v) is 22.5. The number of rotatable bonds is 18. The highest BCUT2D eigenvalue weighted by Gasteiger charge is 2.20. The van der Waals surface area contributed by atoms with Crippen molar-refractivity contribution in [2.45, 2.75) is 12.2 Å². The fourth-order valence-corrected chi connectivity index (χ4v) is 8.08. The molecule has 6 heteroatoms. The first-order valence-electron chi connectivity index (χ1n) is 22.5. The van der Waals surface area contributed by atoms with Crippen LogP contribution in [0.4, 0.5) is 0 Å². The molecule has 0 radical (unpaired) electrons. The molecule has 0 saturated carbocycles. The van der Waals surface area contributed by atoms with Crippen LogP contribution in [0, 0.1) is 0 Å². The summed E-state index contributed by atoms with van der Waals surface area (Å²) in [7, 11) is 0. The maximum Gasteiger partial charge on any atom is 0.108 e. The lowest BCUT2D eigenvalue weighted by molar-refractivity contribution is 0.0467. The predicted molar refractivity (Wildman–Crippen MR) is 258 cm³/mol. The Bertz CT molecular complexity index is 1880. The minimum atomic E-state index is -0.00758. The molecule has 62 heavy (non-hydrogen) atoms. The average molecular weight is 825 g/mol. The van der Waals surface area contributed by atoms with Gasteiger partial charge in [-0.05, 0) is 33.4 Å². The summed E-state index contributed by atoms with van der Waals surface area (Å²) in [5.41, 5.74) is 7.38. The van der Waals surface area contributed by atoms with Crippen molar-refractivity contribution >= 4 is 12.2 Å². The maximum atomic E-state index is 6.39. The zero-order valence-corrected chi connectivity index (χ0v) is 36.3. The van der Waals surface area contributed by atoms with E-state index in [1.54, 1.807) is 0 Å². The van der Waals surface area contributed by atoms with Crippen LogP contribution in [-0.2, 0) is 9.47 Å². The maximum absolute atomic E-state index is 6.39. The van der Waals surface area contributed by atoms with Gasteiger partial charge >= 0.3 is 0 Å². The lowest BCUT2D eigenvalue weighted by atomic mass is 10.0. The van der Waals surface area contributed by atoms with Crippen molar-refractivity contribution in [1.29, 1.82) is 0 Å². The molecule has 8 rings (SSSR count). The molecular formula is C56H64N4O2. The Balaban J connectivity index is 0.000000186. The third kappa shape index (κ3) is 14.9. The molecule has 320 valence electrons. The molecule has 2 heterocycles. The van der Waals surface area contributed by atoms with Crippen molar-refractivity contribution in [3.05, 3.63) is 228 Å². The van der Waals surface area contributed by atoms with Gasteiger partial charge in [0.05, 0.1) is 13.2 Å². The molecule has 6 aromatic carbocycles. The van der Waals surface area contributed by atoms with Gasteiger partial charge in [-0.2, -0.15) is 0 Å². The van der Waals surface area contributed by atoms with E-state index in [4.69, 9.17) is 9.47 Å². The van der Waals surface area contributed by atoms with E-state index in [-0.39, 0.29) is 12.2 Å². The third-order valence-electron chi connectivity index (χ3n) is 11.7. The van der Waals surface area contributed by atoms with E-state index >= 15 is 0 Å². The van der Waals surface area contributed by atoms with Crippen LogP contribution in [0.1, 0.15) is 45.6 Å². The molecule has 2 saturated heterocycles. The Morgan fingerprint density at radius 2 is 0.597 bits per heavy atom. The van der Waals surface area contributed by atoms with Gasteiger partial charge in [-0.1, -0.05) is 206 Å². The van der Waals surface area contributed by atoms with Gasteiger partial charge in [0.1, 0.15) is 12.2 Å². The third-order valence-corrected chi connectivity index (χ3v) is 11.7. The van der Waals surface area contributed by atoms with Crippen molar-refractivity contribution in [3.63, 3.8) is 0 Å². The molecular weight excluding hydrogens is 761 g/mol. The smallest absolute Gasteiger partial charge is 0.108 e. The van der Waals surface area contributed by atoms with Gasteiger partial charge < -0.3 is 9.47 Å². The van der Waals surface area contributed by atoms with Crippen LogP contribution < -0.4 is 0 Å². The largest absolute Gasteiger partial charge is 0.367 e. The highest BCUT2D eigenvalue weighted by Crippen LogP contribution is 2.27. The highest BCUT2D eigenvalue weighted by molar-refractivity contribution is 5.49. The summed E-state index contributed by atoms with van der Waals surface area (Å²) in [6.07, 6.45) is 8.97. The second kappa shape index (κ2) is 25.5. The minimum absolute atomic E-state index is 0.00758. The molecule has 0 aromatic heterocycles. The summed E-state index contributed by atoms with van der Waals surface area (Å²) in [6.45, 7) is 14.3. The molecule has 0 aliphatic carbocycles. The van der Waals surface area contributed by atoms with E-state index in [0.29, 0.717) is 0 Å². The van der Waals surface area contributed by atoms with Gasteiger partial charge in [0.2, 0.25) is 0 Å². The number of piperazine rings is 2. The van der Waals surface area contributed by atoms with Crippen LogP contribution in [-0.4, -0.2) is 111 Å². The van der Waals surface area contributed by atoms with Crippen molar-refractivity contribution in [1.82, 2.24) is 19.6 Å². The summed E-state index contributed by atoms with van der Waals surface area (Å²) in [6, 6.07) is 63.1. The summed E-state index contributed by atoms with van der Waals surface area (Å²) in [5.74, 6) is 0. The fraction of sp³-hybridized carbons (Fsp3) is 0.286. The van der Waals surface area contributed by atoms with Crippen LogP contribution in [0.15, 0.2) is 194 Å². The SMILES string of the molecule is C(=C\c1ccccc1)/CN1CCN(CCOC(c2ccccc2)c2ccccc2)CC1.C(=C\c1ccccc1)/CN1CCN(CCOC(c2ccccc2)c2ccccc2)CC1. The fourth-order valence-electron chi connectivity index (χ4n) is 8.08. The number of ether oxygens (including phenoxy) is 2. The lowest BCUT2D eigenvalue weighted by Crippen LogP contribution is -2.47. The van der Waals surface area contributed by atoms with Gasteiger partial charge in [-0.15, -0.1) is 0 Å². The topological polar surface area (TPSA) is 31.4 Å². The summed E-state index contributed by atoms with van der Waals surface area (Å²) in [4.78, 5) is 10.1. The minimum Gasteiger partial charge on any atom is -0.367 e. The second-order valence-electron chi connectivity index (χ2n) is 16.1. The van der Waals surface area contributed by atoms with Crippen molar-refractivity contribution < 1.29 is 9.47 Å². The van der Waals surface area contributed by atoms with Crippen LogP contribution in [0.3, 0.4) is 0 Å². The standard InChI is InChI=1S/2C28H32N2O/c2*1-4-11-25(12-5-1)13-10-18-29-19-21-30(22-20-29)23-24-31-28(26-14-6-2-7-15-26)27-16-8-3-9-17-27/h2*1-17,28H,18-24H2/b2*13-10+. The zero-order chi connectivity index (χ0) is 42.3. The molecule has 0 bridgehead atoms. The summed E-state index contributed by atoms with van der Waals surface area (Å²) < 4.78 is 12.8. The summed E-state index contributed by atoms with van der Waals surface area (Å²) in [5, 5.41) is 0. The van der Waals surface area contributed by atoms with Crippen LogP contribution in [0.5, 0.6) is 0 Å². The van der Waals surface area contributed by atoms with Crippen molar-refractivity contribution in [2.24, 2.45) is 0 Å². The van der Waals surface area contributed by atoms with E-state index < -0.39 is 0 Å². The van der Waals surface area contributed by atoms with E-state index in [0.717, 1.165) is 91.8 Å². The van der Waals surface area contributed by atoms with Gasteiger partial charge in [0, 0.05) is 78.5 Å². The molecule has 2 aliphatic heterocycles. The second-order valence-corrected chi connectivity index (χ2v) is 16.1. The van der Waals surface area contributed by atoms with E-state index in [1.807, 2.05) is 0 Å². The Kier molecular flexibility index (Phi) is 18.3. The molecule has 0 amide bonds. The van der Waals surface area contributed by atoms with Crippen molar-refractivity contribution in [3.8, 4) is 0 Å². The van der Waals surface area contributed by atoms with E-state index in [2.05, 4.69) is 226 Å². The van der Waals surface area contributed by atoms with Crippen LogP contribution in [0.25, 0.3) is 12.2 Å². The summed E-state index contributed by atoms with van der Waals surface area (Å²) >= 11 is 0. The Labute approximate surface area is 371 Å². The van der Waals surface area contributed by atoms with Crippen LogP contribution in [0.2, 0.25) is 0 Å². The lowest BCUT2D eigenvalue weighted by Gasteiger charge is -2.34. The number of benzene rings is 6. The molecule has 0 unspecified atom stereocenters. The van der Waals surface area contributed by atoms with Crippen LogP contribution >= 0.6 is 0 Å². The Morgan fingerprint density at radius 1 is 0.339 bits per heavy atom. The van der Waals surface area contributed by atoms with Gasteiger partial charge in [0.25, 0.3) is 0 Å². The number of hydrogen-bond donors (Lipinski definition) is 0. The van der Waals surface area contributed by atoms with Gasteiger partial charge in [-0.25, -0.2) is 0 Å². The Hall–Kier alpha value is -5.44. The van der Waals surface area contributed by atoms with E-state index in [9.17, 15) is 0 Å². The molecule has 0 spiro atoms. The number of hydrogen-bond acceptors (Lipinski definition) is 6. The van der Waals surface area contributed by atoms with E-state index in [1.165, 1.54) is 33.4 Å². The number of nitrogens with zero attached hydrogens (tertiary/aromatic N) is 4. The van der Waals surface area contributed by atoms with Crippen molar-refractivity contribution in [2.75, 3.05) is 91.8 Å². The first kappa shape index (κ1) is 44.6. The highest BCUT2D eigenvalue weighted by atomic mass is 16.5. The van der Waals surface area contributed by atoms with Gasteiger partial charge in [-0.3, -0.25) is 19.6 Å². The molecule has 2 fully saturated rings. The predicted octanol–water partition coefficient (Wildman–Crippen LogP) is 10.2. The molecule has 0 atom stereocenters. The average Bonchev–Trinajstić information content (AvgIpc) is 3.35. The molecule has 6 aromatic rings. The monoisotopic (exact) mass is 825 g/mol. The normalized spacial score (nSPS) is 15.6. The molecule has 2 aliphatic rings.